The molecule has 110 valence electrons. The number of benzene rings is 1. The van der Waals surface area contributed by atoms with Crippen LogP contribution in [0.2, 0.25) is 0 Å². The second-order valence-corrected chi connectivity index (χ2v) is 7.11. The highest BCUT2D eigenvalue weighted by Gasteiger charge is 2.26. The number of nitrogens with one attached hydrogen (secondary N) is 1. The van der Waals surface area contributed by atoms with Crippen LogP contribution in [0.5, 0.6) is 0 Å². The number of fused-ring (bicyclic) bond motifs is 1. The summed E-state index contributed by atoms with van der Waals surface area (Å²) in [7, 11) is 2.19. The minimum Gasteiger partial charge on any atom is -0.374 e. The minimum absolute atomic E-state index is 0.537. The highest BCUT2D eigenvalue weighted by atomic mass is 15.1. The third-order valence-electron chi connectivity index (χ3n) is 5.21. The van der Waals surface area contributed by atoms with Gasteiger partial charge in [-0.25, -0.2) is 0 Å². The molecule has 1 heterocycles. The summed E-state index contributed by atoms with van der Waals surface area (Å²) in [6.07, 6.45) is 8.28. The van der Waals surface area contributed by atoms with Crippen molar-refractivity contribution in [3.63, 3.8) is 0 Å². The van der Waals surface area contributed by atoms with Crippen LogP contribution in [0.1, 0.15) is 50.2 Å². The molecule has 0 radical (unpaired) electrons. The summed E-state index contributed by atoms with van der Waals surface area (Å²) in [5.74, 6) is 0. The van der Waals surface area contributed by atoms with Crippen molar-refractivity contribution in [2.75, 3.05) is 25.0 Å². The summed E-state index contributed by atoms with van der Waals surface area (Å²) < 4.78 is 0. The summed E-state index contributed by atoms with van der Waals surface area (Å²) in [5, 5.41) is 3.70. The predicted octanol–water partition coefficient (Wildman–Crippen LogP) is 3.74. The van der Waals surface area contributed by atoms with E-state index in [-0.39, 0.29) is 0 Å². The van der Waals surface area contributed by atoms with Crippen molar-refractivity contribution in [3.8, 4) is 0 Å². The zero-order chi connectivity index (χ0) is 14.0. The molecule has 0 saturated heterocycles. The molecule has 3 rings (SSSR count). The fourth-order valence-electron chi connectivity index (χ4n) is 3.82. The van der Waals surface area contributed by atoms with Gasteiger partial charge in [-0.05, 0) is 41.9 Å². The lowest BCUT2D eigenvalue weighted by Crippen LogP contribution is -2.33. The van der Waals surface area contributed by atoms with Crippen LogP contribution in [-0.4, -0.2) is 20.1 Å². The van der Waals surface area contributed by atoms with Crippen molar-refractivity contribution in [1.29, 1.82) is 0 Å². The van der Waals surface area contributed by atoms with E-state index in [0.717, 1.165) is 6.54 Å². The van der Waals surface area contributed by atoms with Gasteiger partial charge in [0.1, 0.15) is 0 Å². The van der Waals surface area contributed by atoms with E-state index in [0.29, 0.717) is 5.41 Å². The van der Waals surface area contributed by atoms with Crippen LogP contribution in [0.3, 0.4) is 0 Å². The average Bonchev–Trinajstić information content (AvgIpc) is 2.81. The Balaban J connectivity index is 1.54. The fraction of sp³-hybridized carbons (Fsp3) is 0.667. The number of nitrogens with zero attached hydrogens (tertiary/aromatic N) is 1. The lowest BCUT2D eigenvalue weighted by molar-refractivity contribution is 0.207. The highest BCUT2D eigenvalue weighted by molar-refractivity contribution is 5.58. The molecule has 1 aromatic carbocycles. The first-order valence-electron chi connectivity index (χ1n) is 8.20. The van der Waals surface area contributed by atoms with Gasteiger partial charge in [0.25, 0.3) is 0 Å². The van der Waals surface area contributed by atoms with Gasteiger partial charge in [-0.2, -0.15) is 0 Å². The normalized spacial score (nSPS) is 21.0. The summed E-state index contributed by atoms with van der Waals surface area (Å²) >= 11 is 0. The van der Waals surface area contributed by atoms with Crippen LogP contribution >= 0.6 is 0 Å². The SMILES string of the molecule is CN1CCc2cc(CNCC3(C)CCCCC3)ccc21. The molecule has 20 heavy (non-hydrogen) atoms. The number of likely N-dealkylation sites (N-methyl/N-ethyl adjacent to an activating group) is 1. The van der Waals surface area contributed by atoms with Crippen LogP contribution in [0.4, 0.5) is 5.69 Å². The molecule has 0 spiro atoms. The van der Waals surface area contributed by atoms with E-state index >= 15 is 0 Å². The smallest absolute Gasteiger partial charge is 0.0397 e. The van der Waals surface area contributed by atoms with Crippen molar-refractivity contribution < 1.29 is 0 Å². The topological polar surface area (TPSA) is 15.3 Å². The molecule has 0 amide bonds. The standard InChI is InChI=1S/C18H28N2/c1-18(9-4-3-5-10-18)14-19-13-15-6-7-17-16(12-15)8-11-20(17)2/h6-7,12,19H,3-5,8-11,13-14H2,1-2H3. The molecule has 1 aliphatic carbocycles. The van der Waals surface area contributed by atoms with E-state index in [2.05, 4.69) is 42.4 Å². The van der Waals surface area contributed by atoms with Gasteiger partial charge in [-0.1, -0.05) is 38.3 Å². The first-order chi connectivity index (χ1) is 9.66. The Morgan fingerprint density at radius 2 is 2.00 bits per heavy atom. The summed E-state index contributed by atoms with van der Waals surface area (Å²) in [5.41, 5.74) is 4.93. The van der Waals surface area contributed by atoms with E-state index in [1.807, 2.05) is 0 Å². The second kappa shape index (κ2) is 5.77. The Hall–Kier alpha value is -1.02. The van der Waals surface area contributed by atoms with Crippen LogP contribution < -0.4 is 10.2 Å². The molecule has 0 bridgehead atoms. The second-order valence-electron chi connectivity index (χ2n) is 7.11. The largest absolute Gasteiger partial charge is 0.374 e. The van der Waals surface area contributed by atoms with Crippen molar-refractivity contribution in [3.05, 3.63) is 29.3 Å². The van der Waals surface area contributed by atoms with Gasteiger partial charge in [-0.15, -0.1) is 0 Å². The van der Waals surface area contributed by atoms with Crippen molar-refractivity contribution in [2.45, 2.75) is 52.0 Å². The molecule has 0 aromatic heterocycles. The lowest BCUT2D eigenvalue weighted by atomic mass is 9.76. The van der Waals surface area contributed by atoms with E-state index in [1.165, 1.54) is 68.4 Å². The van der Waals surface area contributed by atoms with Gasteiger partial charge >= 0.3 is 0 Å². The fourth-order valence-corrected chi connectivity index (χ4v) is 3.82. The van der Waals surface area contributed by atoms with Crippen LogP contribution in [0.25, 0.3) is 0 Å². The van der Waals surface area contributed by atoms with E-state index in [1.54, 1.807) is 0 Å². The van der Waals surface area contributed by atoms with Gasteiger partial charge in [0.05, 0.1) is 0 Å². The first kappa shape index (κ1) is 13.9. The van der Waals surface area contributed by atoms with Gasteiger partial charge in [0.2, 0.25) is 0 Å². The van der Waals surface area contributed by atoms with Crippen molar-refractivity contribution in [1.82, 2.24) is 5.32 Å². The van der Waals surface area contributed by atoms with E-state index in [9.17, 15) is 0 Å². The lowest BCUT2D eigenvalue weighted by Gasteiger charge is -2.33. The molecular formula is C18H28N2. The summed E-state index contributed by atoms with van der Waals surface area (Å²) in [6.45, 7) is 5.82. The van der Waals surface area contributed by atoms with Crippen molar-refractivity contribution >= 4 is 5.69 Å². The number of hydrogen-bond acceptors (Lipinski definition) is 2. The molecule has 0 atom stereocenters. The van der Waals surface area contributed by atoms with E-state index in [4.69, 9.17) is 0 Å². The monoisotopic (exact) mass is 272 g/mol. The molecule has 2 heteroatoms. The zero-order valence-electron chi connectivity index (χ0n) is 13.0. The Kier molecular flexibility index (Phi) is 4.02. The quantitative estimate of drug-likeness (QED) is 0.898. The van der Waals surface area contributed by atoms with Gasteiger partial charge in [0.15, 0.2) is 0 Å². The Morgan fingerprint density at radius 1 is 1.20 bits per heavy atom. The van der Waals surface area contributed by atoms with E-state index < -0.39 is 0 Å². The average molecular weight is 272 g/mol. The third kappa shape index (κ3) is 3.01. The molecular weight excluding hydrogens is 244 g/mol. The molecule has 1 fully saturated rings. The van der Waals surface area contributed by atoms with Crippen LogP contribution in [0.15, 0.2) is 18.2 Å². The highest BCUT2D eigenvalue weighted by Crippen LogP contribution is 2.35. The zero-order valence-corrected chi connectivity index (χ0v) is 13.0. The number of rotatable bonds is 4. The third-order valence-corrected chi connectivity index (χ3v) is 5.21. The molecule has 0 unspecified atom stereocenters. The predicted molar refractivity (Wildman–Crippen MR) is 86.3 cm³/mol. The maximum Gasteiger partial charge on any atom is 0.0397 e. The Bertz CT molecular complexity index is 460. The van der Waals surface area contributed by atoms with Crippen LogP contribution in [0, 0.1) is 5.41 Å². The van der Waals surface area contributed by atoms with Gasteiger partial charge in [0, 0.05) is 32.4 Å². The minimum atomic E-state index is 0.537. The molecule has 2 nitrogen and oxygen atoms in total. The summed E-state index contributed by atoms with van der Waals surface area (Å²) in [4.78, 5) is 2.36. The maximum atomic E-state index is 3.70. The number of hydrogen-bond donors (Lipinski definition) is 1. The Labute approximate surface area is 123 Å². The van der Waals surface area contributed by atoms with Gasteiger partial charge < -0.3 is 10.2 Å². The molecule has 1 aliphatic heterocycles. The van der Waals surface area contributed by atoms with Crippen LogP contribution in [-0.2, 0) is 13.0 Å². The molecule has 1 N–H and O–H groups in total. The molecule has 1 aromatic rings. The number of anilines is 1. The molecule has 1 saturated carbocycles. The molecule has 2 aliphatic rings. The van der Waals surface area contributed by atoms with Crippen molar-refractivity contribution in [2.24, 2.45) is 5.41 Å². The summed E-state index contributed by atoms with van der Waals surface area (Å²) in [6, 6.07) is 6.98. The Morgan fingerprint density at radius 3 is 2.80 bits per heavy atom. The maximum absolute atomic E-state index is 3.70. The van der Waals surface area contributed by atoms with Gasteiger partial charge in [-0.3, -0.25) is 0 Å². The first-order valence-corrected chi connectivity index (χ1v) is 8.20.